The van der Waals surface area contributed by atoms with E-state index in [1.165, 1.54) is 0 Å². The molecule has 0 radical (unpaired) electrons. The van der Waals surface area contributed by atoms with Crippen molar-refractivity contribution in [3.8, 4) is 0 Å². The highest BCUT2D eigenvalue weighted by Gasteiger charge is 2.09. The van der Waals surface area contributed by atoms with Crippen molar-refractivity contribution in [1.29, 1.82) is 0 Å². The number of rotatable bonds is 6. The molecular formula is C4H10ClO3PS. The summed E-state index contributed by atoms with van der Waals surface area (Å²) in [7, 11) is 3.99. The summed E-state index contributed by atoms with van der Waals surface area (Å²) < 4.78 is 14.9. The van der Waals surface area contributed by atoms with Crippen molar-refractivity contribution in [2.45, 2.75) is 13.8 Å². The van der Waals surface area contributed by atoms with Crippen molar-refractivity contribution >= 4 is 30.5 Å². The Bertz CT molecular complexity index is 63.3. The van der Waals surface area contributed by atoms with Crippen molar-refractivity contribution in [2.75, 3.05) is 13.2 Å². The van der Waals surface area contributed by atoms with E-state index in [9.17, 15) is 0 Å². The molecule has 62 valence electrons. The molecule has 0 saturated heterocycles. The molecule has 0 aliphatic carbocycles. The van der Waals surface area contributed by atoms with Crippen LogP contribution in [0.3, 0.4) is 0 Å². The first-order valence-electron chi connectivity index (χ1n) is 2.86. The van der Waals surface area contributed by atoms with Crippen molar-refractivity contribution in [3.63, 3.8) is 0 Å². The summed E-state index contributed by atoms with van der Waals surface area (Å²) in [5.74, 6) is 0. The fourth-order valence-electron chi connectivity index (χ4n) is 0.314. The molecule has 0 aliphatic heterocycles. The lowest BCUT2D eigenvalue weighted by molar-refractivity contribution is 0.229. The molecule has 0 saturated carbocycles. The van der Waals surface area contributed by atoms with Gasteiger partial charge in [-0.05, 0) is 24.5 Å². The molecule has 0 bridgehead atoms. The molecule has 0 rings (SSSR count). The summed E-state index contributed by atoms with van der Waals surface area (Å²) in [6, 6.07) is 0. The zero-order chi connectivity index (χ0) is 7.82. The molecule has 0 unspecified atom stereocenters. The van der Waals surface area contributed by atoms with Gasteiger partial charge in [-0.25, -0.2) is 3.97 Å². The van der Waals surface area contributed by atoms with Gasteiger partial charge in [-0.15, -0.1) is 0 Å². The maximum Gasteiger partial charge on any atom is 0.345 e. The van der Waals surface area contributed by atoms with Gasteiger partial charge >= 0.3 is 8.60 Å². The van der Waals surface area contributed by atoms with Crippen molar-refractivity contribution in [1.82, 2.24) is 0 Å². The second-order valence-corrected chi connectivity index (χ2v) is 3.26. The lowest BCUT2D eigenvalue weighted by Gasteiger charge is -2.10. The second kappa shape index (κ2) is 8.05. The Morgan fingerprint density at radius 2 is 1.80 bits per heavy atom. The Kier molecular flexibility index (Phi) is 8.82. The average Bonchev–Trinajstić information content (AvgIpc) is 1.90. The highest BCUT2D eigenvalue weighted by atomic mass is 35.7. The third-order valence-corrected chi connectivity index (χ3v) is 2.72. The van der Waals surface area contributed by atoms with Crippen LogP contribution in [0.5, 0.6) is 0 Å². The zero-order valence-electron chi connectivity index (χ0n) is 5.87. The second-order valence-electron chi connectivity index (χ2n) is 1.20. The molecule has 0 aromatic heterocycles. The standard InChI is InChI=1S/C4H10ClO3PS/c1-3-6-9(7-4-2)8-10-5/h3-4H2,1-2H3. The van der Waals surface area contributed by atoms with E-state index in [-0.39, 0.29) is 0 Å². The van der Waals surface area contributed by atoms with E-state index >= 15 is 0 Å². The SMILES string of the molecule is CCOP(OCC)OSCl. The predicted molar refractivity (Wildman–Crippen MR) is 44.7 cm³/mol. The van der Waals surface area contributed by atoms with Crippen LogP contribution in [0.2, 0.25) is 0 Å². The lowest BCUT2D eigenvalue weighted by atomic mass is 10.9. The minimum Gasteiger partial charge on any atom is -0.312 e. The molecule has 0 N–H and O–H groups in total. The van der Waals surface area contributed by atoms with Crippen molar-refractivity contribution < 1.29 is 13.0 Å². The summed E-state index contributed by atoms with van der Waals surface area (Å²) in [6.07, 6.45) is 0. The van der Waals surface area contributed by atoms with Gasteiger partial charge in [-0.2, -0.15) is 0 Å². The average molecular weight is 205 g/mol. The fraction of sp³-hybridized carbons (Fsp3) is 1.00. The van der Waals surface area contributed by atoms with Gasteiger partial charge in [0.1, 0.15) is 11.3 Å². The van der Waals surface area contributed by atoms with E-state index in [4.69, 9.17) is 23.7 Å². The first kappa shape index (κ1) is 11.0. The molecule has 3 nitrogen and oxygen atoms in total. The summed E-state index contributed by atoms with van der Waals surface area (Å²) in [4.78, 5) is 0. The van der Waals surface area contributed by atoms with E-state index in [0.29, 0.717) is 13.2 Å². The van der Waals surface area contributed by atoms with Gasteiger partial charge in [0.05, 0.1) is 13.2 Å². The van der Waals surface area contributed by atoms with Crippen LogP contribution in [0.15, 0.2) is 0 Å². The maximum atomic E-state index is 5.22. The highest BCUT2D eigenvalue weighted by molar-refractivity contribution is 8.19. The van der Waals surface area contributed by atoms with Gasteiger partial charge in [0.25, 0.3) is 0 Å². The van der Waals surface area contributed by atoms with E-state index in [1.54, 1.807) is 0 Å². The van der Waals surface area contributed by atoms with Crippen LogP contribution in [0.25, 0.3) is 0 Å². The molecular weight excluding hydrogens is 195 g/mol. The summed E-state index contributed by atoms with van der Waals surface area (Å²) >= 11 is 0.741. The third-order valence-electron chi connectivity index (χ3n) is 0.558. The van der Waals surface area contributed by atoms with Gasteiger partial charge in [0.15, 0.2) is 0 Å². The predicted octanol–water partition coefficient (Wildman–Crippen LogP) is 3.10. The largest absolute Gasteiger partial charge is 0.345 e. The Balaban J connectivity index is 3.30. The van der Waals surface area contributed by atoms with Crippen LogP contribution in [0.1, 0.15) is 13.8 Å². The zero-order valence-corrected chi connectivity index (χ0v) is 8.34. The van der Waals surface area contributed by atoms with Gasteiger partial charge in [0, 0.05) is 0 Å². The third kappa shape index (κ3) is 5.71. The minimum atomic E-state index is -1.23. The van der Waals surface area contributed by atoms with E-state index in [0.717, 1.165) is 11.3 Å². The van der Waals surface area contributed by atoms with Gasteiger partial charge in [-0.1, -0.05) is 0 Å². The molecule has 0 aliphatic rings. The molecule has 10 heavy (non-hydrogen) atoms. The number of hydrogen-bond acceptors (Lipinski definition) is 4. The van der Waals surface area contributed by atoms with Crippen LogP contribution < -0.4 is 0 Å². The van der Waals surface area contributed by atoms with Gasteiger partial charge in [-0.3, -0.25) is 0 Å². The normalized spacial score (nSPS) is 10.8. The fourth-order valence-corrected chi connectivity index (χ4v) is 1.75. The van der Waals surface area contributed by atoms with Crippen LogP contribution in [0.4, 0.5) is 0 Å². The van der Waals surface area contributed by atoms with Crippen LogP contribution in [-0.2, 0) is 13.0 Å². The quantitative estimate of drug-likeness (QED) is 0.491. The van der Waals surface area contributed by atoms with E-state index in [2.05, 4.69) is 0 Å². The molecule has 0 amide bonds. The van der Waals surface area contributed by atoms with Crippen molar-refractivity contribution in [3.05, 3.63) is 0 Å². The molecule has 0 atom stereocenters. The molecule has 0 spiro atoms. The molecule has 0 aromatic rings. The first-order chi connectivity index (χ1) is 4.85. The Morgan fingerprint density at radius 3 is 2.10 bits per heavy atom. The van der Waals surface area contributed by atoms with Gasteiger partial charge < -0.3 is 9.05 Å². The summed E-state index contributed by atoms with van der Waals surface area (Å²) in [5, 5.41) is 0. The van der Waals surface area contributed by atoms with E-state index in [1.807, 2.05) is 13.8 Å². The van der Waals surface area contributed by atoms with Crippen LogP contribution in [-0.4, -0.2) is 13.2 Å². The smallest absolute Gasteiger partial charge is 0.312 e. The lowest BCUT2D eigenvalue weighted by Crippen LogP contribution is -1.89. The van der Waals surface area contributed by atoms with Crippen LogP contribution in [0, 0.1) is 0 Å². The Morgan fingerprint density at radius 1 is 1.30 bits per heavy atom. The summed E-state index contributed by atoms with van der Waals surface area (Å²) in [6.45, 7) is 4.89. The Labute approximate surface area is 71.1 Å². The highest BCUT2D eigenvalue weighted by Crippen LogP contribution is 2.44. The van der Waals surface area contributed by atoms with Crippen molar-refractivity contribution in [2.24, 2.45) is 0 Å². The summed E-state index contributed by atoms with van der Waals surface area (Å²) in [5.41, 5.74) is 0. The monoisotopic (exact) mass is 204 g/mol. The maximum absolute atomic E-state index is 5.22. The Hall–Kier alpha value is 0.950. The van der Waals surface area contributed by atoms with Crippen LogP contribution >= 0.6 is 30.5 Å². The van der Waals surface area contributed by atoms with E-state index < -0.39 is 8.60 Å². The van der Waals surface area contributed by atoms with Gasteiger partial charge in [0.2, 0.25) is 0 Å². The molecule has 6 heteroatoms. The molecule has 0 fully saturated rings. The number of halogens is 1. The topological polar surface area (TPSA) is 27.7 Å². The molecule has 0 aromatic carbocycles. The minimum absolute atomic E-state index is 0.573. The first-order valence-corrected chi connectivity index (χ1v) is 5.52. The molecule has 0 heterocycles. The number of hydrogen-bond donors (Lipinski definition) is 0.